The molecule has 2 saturated heterocycles. The van der Waals surface area contributed by atoms with E-state index in [1.165, 1.54) is 0 Å². The van der Waals surface area contributed by atoms with Crippen molar-refractivity contribution in [1.82, 2.24) is 36.5 Å². The minimum absolute atomic E-state index is 0.00886. The Labute approximate surface area is 387 Å². The number of unbranched alkanes of at least 4 members (excludes halogenated alkanes) is 3. The van der Waals surface area contributed by atoms with E-state index in [2.05, 4.69) is 31.5 Å². The van der Waals surface area contributed by atoms with Crippen molar-refractivity contribution >= 4 is 56.2 Å². The molecule has 14 nitrogen and oxygen atoms in total. The number of carbonyl (C=O) groups is 5. The number of likely N-dealkylation sites (tertiary alicyclic amines) is 1. The predicted molar refractivity (Wildman–Crippen MR) is 255 cm³/mol. The zero-order valence-electron chi connectivity index (χ0n) is 37.9. The Hall–Kier alpha value is -5.38. The van der Waals surface area contributed by atoms with Gasteiger partial charge in [0.2, 0.25) is 23.6 Å². The van der Waals surface area contributed by atoms with Crippen molar-refractivity contribution in [3.63, 3.8) is 0 Å². The number of para-hydroxylation sites is 1. The molecule has 348 valence electrons. The van der Waals surface area contributed by atoms with Crippen LogP contribution < -0.4 is 31.5 Å². The second-order valence-electron chi connectivity index (χ2n) is 17.6. The third kappa shape index (κ3) is 12.3. The van der Waals surface area contributed by atoms with Crippen molar-refractivity contribution in [2.24, 2.45) is 5.92 Å². The van der Waals surface area contributed by atoms with E-state index in [0.717, 1.165) is 97.4 Å². The van der Waals surface area contributed by atoms with Crippen LogP contribution in [-0.2, 0) is 23.9 Å². The number of nitrogens with one attached hydrogen (secondary N) is 5. The number of thiazole rings is 1. The summed E-state index contributed by atoms with van der Waals surface area (Å²) in [5.41, 5.74) is 3.05. The Kier molecular flexibility index (Phi) is 17.3. The first-order valence-corrected chi connectivity index (χ1v) is 24.5. The third-order valence-electron chi connectivity index (χ3n) is 13.2. The van der Waals surface area contributed by atoms with Gasteiger partial charge in [-0.3, -0.25) is 24.0 Å². The molecule has 4 atom stereocenters. The van der Waals surface area contributed by atoms with Crippen LogP contribution in [0.3, 0.4) is 0 Å². The summed E-state index contributed by atoms with van der Waals surface area (Å²) in [5.74, 6) is -1.81. The maximum atomic E-state index is 14.5. The highest BCUT2D eigenvalue weighted by atomic mass is 32.1. The SMILES string of the molecule is CN[C@@H](C)C(=O)N[C@H](C(=O)N1CCCC1C(=O)N[C@H](C(=O)NCCCCCCNC(=O)c1cccc2sc(N3CCOCC3)nc12)C(c1ccccc1)c1ccccc1)C1CCCCC1. The number of nitrogens with zero attached hydrogens (tertiary/aromatic N) is 3. The summed E-state index contributed by atoms with van der Waals surface area (Å²) >= 11 is 1.60. The number of fused-ring (bicyclic) bond motifs is 1. The lowest BCUT2D eigenvalue weighted by atomic mass is 9.83. The van der Waals surface area contributed by atoms with Gasteiger partial charge in [0, 0.05) is 38.6 Å². The summed E-state index contributed by atoms with van der Waals surface area (Å²) in [7, 11) is 1.71. The van der Waals surface area contributed by atoms with Gasteiger partial charge in [0.25, 0.3) is 5.91 Å². The number of ether oxygens (including phenoxy) is 1. The van der Waals surface area contributed by atoms with Gasteiger partial charge in [-0.2, -0.15) is 0 Å². The fourth-order valence-corrected chi connectivity index (χ4v) is 10.5. The minimum Gasteiger partial charge on any atom is -0.378 e. The van der Waals surface area contributed by atoms with Crippen LogP contribution in [0.2, 0.25) is 0 Å². The van der Waals surface area contributed by atoms with E-state index >= 15 is 0 Å². The molecule has 0 radical (unpaired) electrons. The van der Waals surface area contributed by atoms with E-state index in [9.17, 15) is 24.0 Å². The third-order valence-corrected chi connectivity index (χ3v) is 14.3. The smallest absolute Gasteiger partial charge is 0.253 e. The second kappa shape index (κ2) is 23.7. The number of aromatic nitrogens is 1. The normalized spacial score (nSPS) is 18.2. The highest BCUT2D eigenvalue weighted by Crippen LogP contribution is 2.33. The number of hydrogen-bond donors (Lipinski definition) is 5. The maximum absolute atomic E-state index is 14.5. The van der Waals surface area contributed by atoms with Crippen molar-refractivity contribution in [2.75, 3.05) is 57.9 Å². The Morgan fingerprint density at radius 3 is 2.06 bits per heavy atom. The maximum Gasteiger partial charge on any atom is 0.253 e. The number of carbonyl (C=O) groups excluding carboxylic acids is 5. The van der Waals surface area contributed by atoms with Gasteiger partial charge in [-0.25, -0.2) is 4.98 Å². The molecule has 1 saturated carbocycles. The van der Waals surface area contributed by atoms with E-state index < -0.39 is 30.1 Å². The molecule has 0 bridgehead atoms. The van der Waals surface area contributed by atoms with Crippen LogP contribution in [0.4, 0.5) is 5.13 Å². The molecule has 5 amide bonds. The first-order chi connectivity index (χ1) is 31.7. The molecular weight excluding hydrogens is 841 g/mol. The average Bonchev–Trinajstić information content (AvgIpc) is 4.03. The van der Waals surface area contributed by atoms with Crippen LogP contribution in [0, 0.1) is 5.92 Å². The van der Waals surface area contributed by atoms with Crippen LogP contribution in [0.1, 0.15) is 105 Å². The van der Waals surface area contributed by atoms with Gasteiger partial charge in [-0.1, -0.05) is 110 Å². The fraction of sp³-hybridized carbons (Fsp3) is 0.520. The first kappa shape index (κ1) is 47.6. The second-order valence-corrected chi connectivity index (χ2v) is 18.6. The van der Waals surface area contributed by atoms with Gasteiger partial charge in [-0.15, -0.1) is 0 Å². The Balaban J connectivity index is 0.971. The standard InChI is InChI=1S/C50H66N8O6S/c1-34(51-2)45(59)54-42(37-22-12-7-13-23-37)49(63)58-29-17-25-39(58)47(61)55-44(41(35-18-8-5-9-19-35)36-20-10-6-11-21-36)48(62)53-28-15-4-3-14-27-52-46(60)38-24-16-26-40-43(38)56-50(65-40)57-30-32-64-33-31-57/h5-6,8-11,16,18-21,24,26,34,37,39,41-42,44,51H,3-4,7,12-15,17,22-23,25,27-33H2,1-2H3,(H,52,60)(H,53,62)(H,54,59)(H,55,61)/t34-,39?,42-,44-/m0/s1. The molecule has 1 aromatic heterocycles. The molecule has 3 fully saturated rings. The molecule has 7 rings (SSSR count). The summed E-state index contributed by atoms with van der Waals surface area (Å²) in [5, 5.41) is 16.3. The number of likely N-dealkylation sites (N-methyl/N-ethyl adjacent to an activating group) is 1. The Bertz CT molecular complexity index is 2160. The Morgan fingerprint density at radius 2 is 1.40 bits per heavy atom. The molecule has 1 unspecified atom stereocenters. The van der Waals surface area contributed by atoms with Gasteiger partial charge in [0.15, 0.2) is 5.13 Å². The number of amides is 5. The summed E-state index contributed by atoms with van der Waals surface area (Å²) in [6.07, 6.45) is 9.06. The van der Waals surface area contributed by atoms with Gasteiger partial charge >= 0.3 is 0 Å². The zero-order valence-corrected chi connectivity index (χ0v) is 38.7. The van der Waals surface area contributed by atoms with E-state index in [4.69, 9.17) is 9.72 Å². The number of rotatable bonds is 20. The summed E-state index contributed by atoms with van der Waals surface area (Å²) in [6.45, 7) is 6.01. The number of anilines is 1. The van der Waals surface area contributed by atoms with Gasteiger partial charge in [-0.05, 0) is 81.7 Å². The van der Waals surface area contributed by atoms with E-state index in [1.54, 1.807) is 30.2 Å². The van der Waals surface area contributed by atoms with Gasteiger partial charge in [0.05, 0.1) is 35.0 Å². The average molecular weight is 907 g/mol. The fourth-order valence-electron chi connectivity index (χ4n) is 9.42. The molecule has 1 aliphatic carbocycles. The van der Waals surface area contributed by atoms with Crippen LogP contribution in [0.5, 0.6) is 0 Å². The van der Waals surface area contributed by atoms with E-state index in [1.807, 2.05) is 78.9 Å². The number of morpholine rings is 1. The Morgan fingerprint density at radius 1 is 0.738 bits per heavy atom. The van der Waals surface area contributed by atoms with Crippen molar-refractivity contribution in [1.29, 1.82) is 0 Å². The quantitative estimate of drug-likeness (QED) is 0.0716. The highest BCUT2D eigenvalue weighted by Gasteiger charge is 2.43. The lowest BCUT2D eigenvalue weighted by Crippen LogP contribution is -2.59. The molecule has 4 aromatic rings. The lowest BCUT2D eigenvalue weighted by molar-refractivity contribution is -0.143. The molecule has 2 aliphatic heterocycles. The summed E-state index contributed by atoms with van der Waals surface area (Å²) < 4.78 is 6.48. The zero-order chi connectivity index (χ0) is 45.5. The van der Waals surface area contributed by atoms with Crippen molar-refractivity contribution in [3.05, 3.63) is 95.6 Å². The summed E-state index contributed by atoms with van der Waals surface area (Å²) in [4.78, 5) is 78.5. The van der Waals surface area contributed by atoms with Gasteiger partial charge < -0.3 is 41.1 Å². The molecule has 3 heterocycles. The first-order valence-electron chi connectivity index (χ1n) is 23.7. The van der Waals surface area contributed by atoms with Crippen LogP contribution in [0.25, 0.3) is 10.2 Å². The predicted octanol–water partition coefficient (Wildman–Crippen LogP) is 5.52. The van der Waals surface area contributed by atoms with E-state index in [-0.39, 0.29) is 35.5 Å². The van der Waals surface area contributed by atoms with E-state index in [0.29, 0.717) is 51.3 Å². The lowest BCUT2D eigenvalue weighted by Gasteiger charge is -2.36. The largest absolute Gasteiger partial charge is 0.378 e. The summed E-state index contributed by atoms with van der Waals surface area (Å²) in [6, 6.07) is 22.2. The molecule has 5 N–H and O–H groups in total. The van der Waals surface area contributed by atoms with Gasteiger partial charge in [0.1, 0.15) is 18.1 Å². The highest BCUT2D eigenvalue weighted by molar-refractivity contribution is 7.22. The molecule has 3 aromatic carbocycles. The van der Waals surface area contributed by atoms with Crippen molar-refractivity contribution < 1.29 is 28.7 Å². The van der Waals surface area contributed by atoms with Crippen LogP contribution in [0.15, 0.2) is 78.9 Å². The molecule has 15 heteroatoms. The topological polar surface area (TPSA) is 174 Å². The molecule has 3 aliphatic rings. The number of hydrogen-bond acceptors (Lipinski definition) is 10. The van der Waals surface area contributed by atoms with Crippen molar-refractivity contribution in [2.45, 2.75) is 108 Å². The minimum atomic E-state index is -0.975. The molecular formula is C50H66N8O6S. The van der Waals surface area contributed by atoms with Crippen molar-refractivity contribution in [3.8, 4) is 0 Å². The van der Waals surface area contributed by atoms with Crippen LogP contribution in [-0.4, -0.2) is 117 Å². The molecule has 0 spiro atoms. The number of benzene rings is 3. The monoisotopic (exact) mass is 906 g/mol. The molecule has 65 heavy (non-hydrogen) atoms. The van der Waals surface area contributed by atoms with Crippen LogP contribution >= 0.6 is 11.3 Å².